The normalized spacial score (nSPS) is 10.1. The molecule has 20 heavy (non-hydrogen) atoms. The summed E-state index contributed by atoms with van der Waals surface area (Å²) in [6, 6.07) is 19.6. The number of hydrogen-bond donors (Lipinski definition) is 0. The van der Waals surface area contributed by atoms with Crippen LogP contribution in [-0.4, -0.2) is 4.57 Å². The van der Waals surface area contributed by atoms with Crippen LogP contribution in [0, 0.1) is 22.7 Å². The first-order valence-corrected chi connectivity index (χ1v) is 6.28. The quantitative estimate of drug-likeness (QED) is 0.706. The van der Waals surface area contributed by atoms with Crippen molar-refractivity contribution < 1.29 is 0 Å². The second-order valence-electron chi connectivity index (χ2n) is 4.64. The van der Waals surface area contributed by atoms with Crippen LogP contribution in [0.15, 0.2) is 54.7 Å². The third-order valence-electron chi connectivity index (χ3n) is 3.31. The highest BCUT2D eigenvalue weighted by molar-refractivity contribution is 5.81. The van der Waals surface area contributed by atoms with Gasteiger partial charge in [-0.1, -0.05) is 12.1 Å². The van der Waals surface area contributed by atoms with Crippen LogP contribution in [0.1, 0.15) is 16.7 Å². The Labute approximate surface area is 116 Å². The van der Waals surface area contributed by atoms with Gasteiger partial charge in [-0.25, -0.2) is 0 Å². The summed E-state index contributed by atoms with van der Waals surface area (Å²) in [4.78, 5) is 0. The van der Waals surface area contributed by atoms with Gasteiger partial charge in [-0.15, -0.1) is 0 Å². The van der Waals surface area contributed by atoms with Crippen LogP contribution in [0.5, 0.6) is 0 Å². The lowest BCUT2D eigenvalue weighted by molar-refractivity contribution is 0.836. The van der Waals surface area contributed by atoms with E-state index in [-0.39, 0.29) is 0 Å². The molecule has 0 saturated heterocycles. The molecule has 0 spiro atoms. The van der Waals surface area contributed by atoms with Crippen LogP contribution in [0.25, 0.3) is 10.9 Å². The van der Waals surface area contributed by atoms with E-state index in [0.717, 1.165) is 16.5 Å². The molecule has 0 aliphatic heterocycles. The average molecular weight is 257 g/mol. The Morgan fingerprint density at radius 3 is 2.50 bits per heavy atom. The molecule has 0 fully saturated rings. The summed E-state index contributed by atoms with van der Waals surface area (Å²) >= 11 is 0. The van der Waals surface area contributed by atoms with Gasteiger partial charge in [0.1, 0.15) is 0 Å². The molecule has 2 aromatic carbocycles. The van der Waals surface area contributed by atoms with Gasteiger partial charge in [0.15, 0.2) is 0 Å². The summed E-state index contributed by atoms with van der Waals surface area (Å²) in [5.41, 5.74) is 3.52. The van der Waals surface area contributed by atoms with E-state index in [1.54, 1.807) is 6.07 Å². The number of benzene rings is 2. The van der Waals surface area contributed by atoms with Gasteiger partial charge in [0, 0.05) is 23.6 Å². The van der Waals surface area contributed by atoms with E-state index in [2.05, 4.69) is 16.7 Å². The van der Waals surface area contributed by atoms with Crippen LogP contribution in [-0.2, 0) is 6.54 Å². The first-order chi connectivity index (χ1) is 9.80. The number of rotatable bonds is 2. The smallest absolute Gasteiger partial charge is 0.0991 e. The van der Waals surface area contributed by atoms with Gasteiger partial charge in [0.25, 0.3) is 0 Å². The van der Waals surface area contributed by atoms with Gasteiger partial charge < -0.3 is 4.57 Å². The molecular weight excluding hydrogens is 246 g/mol. The molecule has 0 atom stereocenters. The maximum Gasteiger partial charge on any atom is 0.0991 e. The lowest BCUT2D eigenvalue weighted by atomic mass is 10.1. The van der Waals surface area contributed by atoms with Crippen molar-refractivity contribution in [3.05, 3.63) is 71.4 Å². The van der Waals surface area contributed by atoms with Crippen molar-refractivity contribution in [1.29, 1.82) is 10.5 Å². The van der Waals surface area contributed by atoms with Gasteiger partial charge in [0.05, 0.1) is 23.3 Å². The Morgan fingerprint density at radius 2 is 1.70 bits per heavy atom. The lowest BCUT2D eigenvalue weighted by Gasteiger charge is -2.06. The molecule has 3 heteroatoms. The fourth-order valence-electron chi connectivity index (χ4n) is 2.34. The highest BCUT2D eigenvalue weighted by atomic mass is 14.9. The Balaban J connectivity index is 1.99. The third-order valence-corrected chi connectivity index (χ3v) is 3.31. The molecule has 3 rings (SSSR count). The van der Waals surface area contributed by atoms with E-state index in [0.29, 0.717) is 17.7 Å². The third kappa shape index (κ3) is 2.13. The fourth-order valence-corrected chi connectivity index (χ4v) is 2.34. The zero-order valence-electron chi connectivity index (χ0n) is 10.7. The highest BCUT2D eigenvalue weighted by Gasteiger charge is 2.03. The topological polar surface area (TPSA) is 52.5 Å². The van der Waals surface area contributed by atoms with Gasteiger partial charge in [0.2, 0.25) is 0 Å². The average Bonchev–Trinajstić information content (AvgIpc) is 2.89. The monoisotopic (exact) mass is 257 g/mol. The van der Waals surface area contributed by atoms with Gasteiger partial charge in [-0.2, -0.15) is 10.5 Å². The van der Waals surface area contributed by atoms with E-state index < -0.39 is 0 Å². The van der Waals surface area contributed by atoms with Crippen molar-refractivity contribution >= 4 is 10.9 Å². The Hall–Kier alpha value is -3.04. The standard InChI is InChI=1S/C17H11N3/c18-10-13-2-1-3-15(8-13)12-20-7-6-16-9-14(11-19)4-5-17(16)20/h1-9H,12H2. The largest absolute Gasteiger partial charge is 0.343 e. The fraction of sp³-hybridized carbons (Fsp3) is 0.0588. The molecule has 0 bridgehead atoms. The molecule has 0 saturated carbocycles. The molecule has 1 aromatic heterocycles. The Bertz CT molecular complexity index is 860. The van der Waals surface area contributed by atoms with Crippen LogP contribution >= 0.6 is 0 Å². The predicted octanol–water partition coefficient (Wildman–Crippen LogP) is 3.43. The summed E-state index contributed by atoms with van der Waals surface area (Å²) in [6.45, 7) is 0.713. The SMILES string of the molecule is N#Cc1cccc(Cn2ccc3cc(C#N)ccc32)c1. The Morgan fingerprint density at radius 1 is 0.900 bits per heavy atom. The molecule has 0 aliphatic rings. The molecule has 3 aromatic rings. The zero-order valence-corrected chi connectivity index (χ0v) is 10.7. The molecule has 0 amide bonds. The first kappa shape index (κ1) is 12.0. The molecule has 3 nitrogen and oxygen atoms in total. The van der Waals surface area contributed by atoms with Crippen LogP contribution < -0.4 is 0 Å². The van der Waals surface area contributed by atoms with E-state index in [4.69, 9.17) is 10.5 Å². The first-order valence-electron chi connectivity index (χ1n) is 6.28. The lowest BCUT2D eigenvalue weighted by Crippen LogP contribution is -1.98. The second kappa shape index (κ2) is 4.91. The number of aromatic nitrogens is 1. The summed E-state index contributed by atoms with van der Waals surface area (Å²) < 4.78 is 2.12. The van der Waals surface area contributed by atoms with E-state index in [1.165, 1.54) is 0 Å². The van der Waals surface area contributed by atoms with E-state index in [1.807, 2.05) is 48.7 Å². The maximum atomic E-state index is 8.93. The number of hydrogen-bond acceptors (Lipinski definition) is 2. The van der Waals surface area contributed by atoms with Gasteiger partial charge in [-0.05, 0) is 42.0 Å². The van der Waals surface area contributed by atoms with Gasteiger partial charge in [-0.3, -0.25) is 0 Å². The van der Waals surface area contributed by atoms with Crippen LogP contribution in [0.3, 0.4) is 0 Å². The maximum absolute atomic E-state index is 8.93. The summed E-state index contributed by atoms with van der Waals surface area (Å²) in [6.07, 6.45) is 2.00. The minimum atomic E-state index is 0.668. The van der Waals surface area contributed by atoms with Crippen molar-refractivity contribution in [2.75, 3.05) is 0 Å². The van der Waals surface area contributed by atoms with Crippen molar-refractivity contribution in [3.63, 3.8) is 0 Å². The molecule has 0 radical (unpaired) electrons. The second-order valence-corrected chi connectivity index (χ2v) is 4.64. The highest BCUT2D eigenvalue weighted by Crippen LogP contribution is 2.19. The molecule has 0 N–H and O–H groups in total. The predicted molar refractivity (Wildman–Crippen MR) is 76.9 cm³/mol. The summed E-state index contributed by atoms with van der Waals surface area (Å²) in [5.74, 6) is 0. The number of nitriles is 2. The molecule has 1 heterocycles. The van der Waals surface area contributed by atoms with Crippen molar-refractivity contribution in [1.82, 2.24) is 4.57 Å². The number of fused-ring (bicyclic) bond motifs is 1. The molecular formula is C17H11N3. The van der Waals surface area contributed by atoms with Crippen molar-refractivity contribution in [2.24, 2.45) is 0 Å². The van der Waals surface area contributed by atoms with E-state index in [9.17, 15) is 0 Å². The van der Waals surface area contributed by atoms with Crippen molar-refractivity contribution in [2.45, 2.75) is 6.54 Å². The van der Waals surface area contributed by atoms with Crippen LogP contribution in [0.4, 0.5) is 0 Å². The van der Waals surface area contributed by atoms with E-state index >= 15 is 0 Å². The van der Waals surface area contributed by atoms with Gasteiger partial charge >= 0.3 is 0 Å². The summed E-state index contributed by atoms with van der Waals surface area (Å²) in [5, 5.41) is 18.9. The minimum absolute atomic E-state index is 0.668. The van der Waals surface area contributed by atoms with Crippen LogP contribution in [0.2, 0.25) is 0 Å². The zero-order chi connectivity index (χ0) is 13.9. The Kier molecular flexibility index (Phi) is 2.95. The summed E-state index contributed by atoms with van der Waals surface area (Å²) in [7, 11) is 0. The molecule has 0 aliphatic carbocycles. The minimum Gasteiger partial charge on any atom is -0.343 e. The molecule has 0 unspecified atom stereocenters. The van der Waals surface area contributed by atoms with Crippen molar-refractivity contribution in [3.8, 4) is 12.1 Å². The number of nitrogens with zero attached hydrogens (tertiary/aromatic N) is 3. The molecule has 94 valence electrons.